The fraction of sp³-hybridized carbons (Fsp3) is 0.200. The fourth-order valence-corrected chi connectivity index (χ4v) is 2.14. The maximum Gasteiger partial charge on any atom is 0.292 e. The van der Waals surface area contributed by atoms with E-state index in [9.17, 15) is 18.9 Å². The Balaban J connectivity index is 2.24. The van der Waals surface area contributed by atoms with Crippen molar-refractivity contribution >= 4 is 11.4 Å². The van der Waals surface area contributed by atoms with Gasteiger partial charge in [-0.05, 0) is 36.6 Å². The number of benzene rings is 2. The Hall–Kier alpha value is -2.50. The quantitative estimate of drug-likeness (QED) is 0.681. The van der Waals surface area contributed by atoms with Crippen molar-refractivity contribution < 1.29 is 13.7 Å². The highest BCUT2D eigenvalue weighted by Crippen LogP contribution is 2.26. The third-order valence-electron chi connectivity index (χ3n) is 3.13. The molecule has 0 atom stereocenters. The van der Waals surface area contributed by atoms with E-state index < -0.39 is 10.7 Å². The molecule has 6 heteroatoms. The number of nitrogens with one attached hydrogen (secondary N) is 1. The average molecular weight is 292 g/mol. The van der Waals surface area contributed by atoms with E-state index in [0.717, 1.165) is 23.8 Å². The summed E-state index contributed by atoms with van der Waals surface area (Å²) in [6.45, 7) is 3.54. The number of hydrogen-bond donors (Lipinski definition) is 1. The lowest BCUT2D eigenvalue weighted by Crippen LogP contribution is -2.04. The summed E-state index contributed by atoms with van der Waals surface area (Å²) in [7, 11) is 0. The monoisotopic (exact) mass is 292 g/mol. The molecule has 0 aliphatic heterocycles. The number of hydrogen-bond acceptors (Lipinski definition) is 3. The number of rotatable bonds is 4. The van der Waals surface area contributed by atoms with Gasteiger partial charge < -0.3 is 5.32 Å². The molecule has 0 aromatic heterocycles. The number of anilines is 1. The molecule has 0 amide bonds. The Kier molecular flexibility index (Phi) is 4.16. The minimum Gasteiger partial charge on any atom is -0.375 e. The van der Waals surface area contributed by atoms with Crippen molar-refractivity contribution in [1.82, 2.24) is 0 Å². The van der Waals surface area contributed by atoms with Gasteiger partial charge in [0.05, 0.1) is 4.92 Å². The molecule has 2 aromatic carbocycles. The topological polar surface area (TPSA) is 55.2 Å². The third-order valence-corrected chi connectivity index (χ3v) is 3.13. The Bertz CT molecular complexity index is 679. The number of halogens is 2. The van der Waals surface area contributed by atoms with Crippen LogP contribution in [0.2, 0.25) is 0 Å². The van der Waals surface area contributed by atoms with Gasteiger partial charge in [0.25, 0.3) is 5.69 Å². The van der Waals surface area contributed by atoms with Crippen LogP contribution in [-0.4, -0.2) is 4.92 Å². The van der Waals surface area contributed by atoms with E-state index in [0.29, 0.717) is 11.1 Å². The molecule has 0 saturated carbocycles. The summed E-state index contributed by atoms with van der Waals surface area (Å²) >= 11 is 0. The molecule has 0 unspecified atom stereocenters. The first kappa shape index (κ1) is 14.9. The molecule has 110 valence electrons. The van der Waals surface area contributed by atoms with Gasteiger partial charge in [0.15, 0.2) is 0 Å². The van der Waals surface area contributed by atoms with Crippen LogP contribution in [0.4, 0.5) is 20.2 Å². The second kappa shape index (κ2) is 5.87. The molecular weight excluding hydrogens is 278 g/mol. The lowest BCUT2D eigenvalue weighted by atomic mass is 10.1. The second-order valence-corrected chi connectivity index (χ2v) is 4.82. The standard InChI is InChI=1S/C15H14F2N2O2/c1-9-5-11(6-10(2)15(9)17)8-18-13-7-12(16)3-4-14(13)19(20)21/h3-7,18H,8H2,1-2H3. The Morgan fingerprint density at radius 2 is 1.76 bits per heavy atom. The molecule has 0 heterocycles. The van der Waals surface area contributed by atoms with E-state index in [2.05, 4.69) is 5.32 Å². The zero-order valence-electron chi connectivity index (χ0n) is 11.6. The van der Waals surface area contributed by atoms with Crippen LogP contribution in [0.3, 0.4) is 0 Å². The lowest BCUT2D eigenvalue weighted by molar-refractivity contribution is -0.384. The van der Waals surface area contributed by atoms with Gasteiger partial charge >= 0.3 is 0 Å². The average Bonchev–Trinajstić information content (AvgIpc) is 2.42. The van der Waals surface area contributed by atoms with Crippen molar-refractivity contribution in [3.63, 3.8) is 0 Å². The molecule has 2 aromatic rings. The summed E-state index contributed by atoms with van der Waals surface area (Å²) in [5.41, 5.74) is 1.66. The van der Waals surface area contributed by atoms with Gasteiger partial charge in [-0.2, -0.15) is 0 Å². The highest BCUT2D eigenvalue weighted by Gasteiger charge is 2.14. The molecule has 0 spiro atoms. The Morgan fingerprint density at radius 3 is 2.33 bits per heavy atom. The Morgan fingerprint density at radius 1 is 1.14 bits per heavy atom. The van der Waals surface area contributed by atoms with E-state index in [1.807, 2.05) is 0 Å². The first-order valence-electron chi connectivity index (χ1n) is 6.32. The summed E-state index contributed by atoms with van der Waals surface area (Å²) in [6, 6.07) is 6.52. The van der Waals surface area contributed by atoms with Crippen LogP contribution in [0.5, 0.6) is 0 Å². The number of nitrogens with zero attached hydrogens (tertiary/aromatic N) is 1. The van der Waals surface area contributed by atoms with Crippen molar-refractivity contribution in [3.05, 3.63) is 68.8 Å². The summed E-state index contributed by atoms with van der Waals surface area (Å²) in [6.07, 6.45) is 0. The fourth-order valence-electron chi connectivity index (χ4n) is 2.14. The molecule has 2 rings (SSSR count). The highest BCUT2D eigenvalue weighted by atomic mass is 19.1. The molecule has 0 saturated heterocycles. The van der Waals surface area contributed by atoms with Gasteiger partial charge in [-0.3, -0.25) is 10.1 Å². The first-order chi connectivity index (χ1) is 9.88. The summed E-state index contributed by atoms with van der Waals surface area (Å²) in [5, 5.41) is 13.7. The van der Waals surface area contributed by atoms with E-state index in [4.69, 9.17) is 0 Å². The molecule has 0 radical (unpaired) electrons. The van der Waals surface area contributed by atoms with Crippen molar-refractivity contribution in [2.24, 2.45) is 0 Å². The zero-order chi connectivity index (χ0) is 15.6. The number of nitro benzene ring substituents is 1. The molecule has 4 nitrogen and oxygen atoms in total. The van der Waals surface area contributed by atoms with Crippen molar-refractivity contribution in [2.75, 3.05) is 5.32 Å². The van der Waals surface area contributed by atoms with Gasteiger partial charge in [-0.15, -0.1) is 0 Å². The zero-order valence-corrected chi connectivity index (χ0v) is 11.6. The number of aryl methyl sites for hydroxylation is 2. The first-order valence-corrected chi connectivity index (χ1v) is 6.32. The highest BCUT2D eigenvalue weighted by molar-refractivity contribution is 5.61. The van der Waals surface area contributed by atoms with Gasteiger partial charge in [-0.1, -0.05) is 12.1 Å². The van der Waals surface area contributed by atoms with Crippen LogP contribution >= 0.6 is 0 Å². The SMILES string of the molecule is Cc1cc(CNc2cc(F)ccc2[N+](=O)[O-])cc(C)c1F. The predicted molar refractivity (Wildman–Crippen MR) is 76.3 cm³/mol. The number of nitro groups is 1. The van der Waals surface area contributed by atoms with Crippen LogP contribution in [-0.2, 0) is 6.54 Å². The van der Waals surface area contributed by atoms with Crippen LogP contribution < -0.4 is 5.32 Å². The normalized spacial score (nSPS) is 10.5. The minimum atomic E-state index is -0.580. The summed E-state index contributed by atoms with van der Waals surface area (Å²) in [5.74, 6) is -0.829. The molecular formula is C15H14F2N2O2. The predicted octanol–water partition coefficient (Wildman–Crippen LogP) is 4.10. The van der Waals surface area contributed by atoms with E-state index in [1.54, 1.807) is 26.0 Å². The maximum absolute atomic E-state index is 13.5. The van der Waals surface area contributed by atoms with Crippen LogP contribution in [0.1, 0.15) is 16.7 Å². The van der Waals surface area contributed by atoms with Gasteiger partial charge in [-0.25, -0.2) is 8.78 Å². The van der Waals surface area contributed by atoms with Gasteiger partial charge in [0.1, 0.15) is 17.3 Å². The molecule has 0 bridgehead atoms. The Labute approximate surface area is 120 Å². The van der Waals surface area contributed by atoms with E-state index in [1.165, 1.54) is 0 Å². The van der Waals surface area contributed by atoms with E-state index >= 15 is 0 Å². The molecule has 1 N–H and O–H groups in total. The van der Waals surface area contributed by atoms with Crippen molar-refractivity contribution in [3.8, 4) is 0 Å². The lowest BCUT2D eigenvalue weighted by Gasteiger charge is -2.10. The molecule has 0 aliphatic carbocycles. The van der Waals surface area contributed by atoms with E-state index in [-0.39, 0.29) is 23.7 Å². The molecule has 0 fully saturated rings. The molecule has 0 aliphatic rings. The smallest absolute Gasteiger partial charge is 0.292 e. The van der Waals surface area contributed by atoms with Gasteiger partial charge in [0, 0.05) is 18.7 Å². The van der Waals surface area contributed by atoms with Crippen LogP contribution in [0, 0.1) is 35.6 Å². The minimum absolute atomic E-state index is 0.0969. The van der Waals surface area contributed by atoms with Crippen molar-refractivity contribution in [2.45, 2.75) is 20.4 Å². The van der Waals surface area contributed by atoms with Gasteiger partial charge in [0.2, 0.25) is 0 Å². The van der Waals surface area contributed by atoms with Crippen LogP contribution in [0.15, 0.2) is 30.3 Å². The van der Waals surface area contributed by atoms with Crippen LogP contribution in [0.25, 0.3) is 0 Å². The summed E-state index contributed by atoms with van der Waals surface area (Å²) < 4.78 is 26.7. The van der Waals surface area contributed by atoms with Crippen molar-refractivity contribution in [1.29, 1.82) is 0 Å². The largest absolute Gasteiger partial charge is 0.375 e. The third kappa shape index (κ3) is 3.34. The second-order valence-electron chi connectivity index (χ2n) is 4.82. The molecule has 21 heavy (non-hydrogen) atoms. The maximum atomic E-state index is 13.5. The summed E-state index contributed by atoms with van der Waals surface area (Å²) in [4.78, 5) is 10.3.